The second-order valence-electron chi connectivity index (χ2n) is 7.22. The van der Waals surface area contributed by atoms with Crippen molar-refractivity contribution in [2.45, 2.75) is 91.5 Å². The molecule has 0 saturated carbocycles. The van der Waals surface area contributed by atoms with Crippen molar-refractivity contribution in [1.29, 1.82) is 0 Å². The summed E-state index contributed by atoms with van der Waals surface area (Å²) in [6.07, 6.45) is 11.6. The molecule has 1 atom stereocenters. The Morgan fingerprint density at radius 1 is 1.09 bits per heavy atom. The predicted molar refractivity (Wildman–Crippen MR) is 102 cm³/mol. The Kier molecular flexibility index (Phi) is 10.3. The van der Waals surface area contributed by atoms with E-state index in [0.29, 0.717) is 6.54 Å². The molecule has 0 radical (unpaired) electrons. The molecule has 1 heterocycles. The van der Waals surface area contributed by atoms with E-state index in [1.807, 2.05) is 0 Å². The Morgan fingerprint density at radius 2 is 1.61 bits per heavy atom. The van der Waals surface area contributed by atoms with Crippen molar-refractivity contribution in [2.24, 2.45) is 0 Å². The van der Waals surface area contributed by atoms with E-state index in [1.165, 1.54) is 51.8 Å². The van der Waals surface area contributed by atoms with Gasteiger partial charge in [-0.25, -0.2) is 0 Å². The molecule has 3 nitrogen and oxygen atoms in total. The Labute approximate surface area is 147 Å². The molecule has 1 N–H and O–H groups in total. The van der Waals surface area contributed by atoms with Crippen LogP contribution in [0.4, 0.5) is 4.79 Å². The molecule has 0 bridgehead atoms. The molecule has 0 spiro atoms. The van der Waals surface area contributed by atoms with E-state index < -0.39 is 24.5 Å². The van der Waals surface area contributed by atoms with Crippen molar-refractivity contribution in [3.8, 4) is 0 Å². The maximum absolute atomic E-state index is 11.4. The Morgan fingerprint density at radius 3 is 2.04 bits per heavy atom. The summed E-state index contributed by atoms with van der Waals surface area (Å²) in [5.41, 5.74) is 0. The van der Waals surface area contributed by atoms with Gasteiger partial charge in [-0.05, 0) is 0 Å². The van der Waals surface area contributed by atoms with Gasteiger partial charge in [-0.2, -0.15) is 0 Å². The van der Waals surface area contributed by atoms with Crippen LogP contribution in [0.5, 0.6) is 0 Å². The van der Waals surface area contributed by atoms with Crippen molar-refractivity contribution in [3.63, 3.8) is 0 Å². The first-order valence-corrected chi connectivity index (χ1v) is 17.5. The zero-order chi connectivity index (χ0) is 17.1. The van der Waals surface area contributed by atoms with E-state index >= 15 is 0 Å². The van der Waals surface area contributed by atoms with Gasteiger partial charge < -0.3 is 0 Å². The van der Waals surface area contributed by atoms with E-state index in [2.05, 4.69) is 30.9 Å². The van der Waals surface area contributed by atoms with Crippen LogP contribution in [-0.2, 0) is 0 Å². The fourth-order valence-corrected chi connectivity index (χ4v) is 18.2. The summed E-state index contributed by atoms with van der Waals surface area (Å²) in [6, 6.07) is 0.147. The summed E-state index contributed by atoms with van der Waals surface area (Å²) in [6.45, 7) is 7.60. The third-order valence-corrected chi connectivity index (χ3v) is 19.4. The van der Waals surface area contributed by atoms with Crippen LogP contribution in [-0.4, -0.2) is 47.1 Å². The fourth-order valence-electron chi connectivity index (χ4n) is 3.76. The molecule has 1 saturated heterocycles. The molecule has 0 aromatic rings. The van der Waals surface area contributed by atoms with Gasteiger partial charge >= 0.3 is 147 Å². The molecule has 134 valence electrons. The third-order valence-electron chi connectivity index (χ3n) is 5.30. The number of unbranched alkanes of at least 4 members (excludes halogenated alkanes) is 3. The van der Waals surface area contributed by atoms with Crippen molar-refractivity contribution in [3.05, 3.63) is 10.2 Å². The number of hydrogen-bond donors (Lipinski definition) is 1. The van der Waals surface area contributed by atoms with Crippen LogP contribution in [0.3, 0.4) is 0 Å². The molecule has 4 heteroatoms. The minimum absolute atomic E-state index is 0.147. The zero-order valence-electron chi connectivity index (χ0n) is 15.5. The van der Waals surface area contributed by atoms with E-state index in [0.717, 1.165) is 12.8 Å². The van der Waals surface area contributed by atoms with Gasteiger partial charge in [0.25, 0.3) is 0 Å². The van der Waals surface area contributed by atoms with E-state index in [1.54, 1.807) is 4.90 Å². The molecule has 0 aromatic heterocycles. The molecular weight excluding hydrogens is 393 g/mol. The Bertz CT molecular complexity index is 349. The van der Waals surface area contributed by atoms with Crippen molar-refractivity contribution >= 4 is 24.5 Å². The molecule has 1 aliphatic rings. The summed E-state index contributed by atoms with van der Waals surface area (Å²) in [5.74, 6) is 0. The molecule has 1 rings (SSSR count). The maximum atomic E-state index is 11.4. The normalized spacial score (nSPS) is 18.9. The number of amides is 1. The van der Waals surface area contributed by atoms with Gasteiger partial charge in [0.05, 0.1) is 0 Å². The van der Waals surface area contributed by atoms with Gasteiger partial charge in [-0.1, -0.05) is 0 Å². The molecule has 0 aromatic carbocycles. The Balaban J connectivity index is 2.86. The summed E-state index contributed by atoms with van der Waals surface area (Å²) in [4.78, 5) is 13.0. The molecule has 1 aliphatic heterocycles. The number of nitrogens with zero attached hydrogens (tertiary/aromatic N) is 1. The second-order valence-corrected chi connectivity index (χ2v) is 20.2. The minimum atomic E-state index is -2.25. The SMILES string of the molecule is CCC[CH2][Sn](/[CH]=C\[C@@H]1CCCN1C(=O)O)([CH2]CCC)[CH2]CCC. The molecule has 1 amide bonds. The first kappa shape index (κ1) is 20.9. The fraction of sp³-hybridized carbons (Fsp3) is 0.842. The van der Waals surface area contributed by atoms with Crippen molar-refractivity contribution in [1.82, 2.24) is 4.90 Å². The van der Waals surface area contributed by atoms with Crippen LogP contribution in [0, 0.1) is 0 Å². The summed E-state index contributed by atoms with van der Waals surface area (Å²) < 4.78 is 7.01. The second kappa shape index (κ2) is 11.4. The molecular formula is C19H37NO2Sn. The van der Waals surface area contributed by atoms with Crippen LogP contribution in [0.2, 0.25) is 13.3 Å². The topological polar surface area (TPSA) is 40.5 Å². The summed E-state index contributed by atoms with van der Waals surface area (Å²) in [5, 5.41) is 9.35. The molecule has 1 fully saturated rings. The van der Waals surface area contributed by atoms with Crippen molar-refractivity contribution in [2.75, 3.05) is 6.54 Å². The van der Waals surface area contributed by atoms with Gasteiger partial charge in [0.2, 0.25) is 0 Å². The van der Waals surface area contributed by atoms with Crippen LogP contribution in [0.25, 0.3) is 0 Å². The van der Waals surface area contributed by atoms with Crippen LogP contribution >= 0.6 is 0 Å². The number of rotatable bonds is 11. The van der Waals surface area contributed by atoms with E-state index in [4.69, 9.17) is 0 Å². The number of likely N-dealkylation sites (tertiary alicyclic amines) is 1. The first-order valence-electron chi connectivity index (χ1n) is 9.77. The summed E-state index contributed by atoms with van der Waals surface area (Å²) in [7, 11) is 0. The molecule has 0 unspecified atom stereocenters. The molecule has 23 heavy (non-hydrogen) atoms. The van der Waals surface area contributed by atoms with Gasteiger partial charge in [0, 0.05) is 0 Å². The number of carboxylic acid groups (broad SMARTS) is 1. The van der Waals surface area contributed by atoms with Gasteiger partial charge in [-0.3, -0.25) is 0 Å². The quantitative estimate of drug-likeness (QED) is 0.404. The van der Waals surface area contributed by atoms with Gasteiger partial charge in [0.15, 0.2) is 0 Å². The van der Waals surface area contributed by atoms with E-state index in [-0.39, 0.29) is 6.04 Å². The van der Waals surface area contributed by atoms with Crippen LogP contribution in [0.1, 0.15) is 72.1 Å². The van der Waals surface area contributed by atoms with Gasteiger partial charge in [-0.15, -0.1) is 0 Å². The van der Waals surface area contributed by atoms with Crippen LogP contribution < -0.4 is 0 Å². The van der Waals surface area contributed by atoms with Crippen LogP contribution in [0.15, 0.2) is 10.2 Å². The van der Waals surface area contributed by atoms with Crippen molar-refractivity contribution < 1.29 is 9.90 Å². The zero-order valence-corrected chi connectivity index (χ0v) is 18.4. The third kappa shape index (κ3) is 7.06. The number of hydrogen-bond acceptors (Lipinski definition) is 1. The number of carbonyl (C=O) groups is 1. The summed E-state index contributed by atoms with van der Waals surface area (Å²) >= 11 is -2.25. The monoisotopic (exact) mass is 431 g/mol. The van der Waals surface area contributed by atoms with E-state index in [9.17, 15) is 9.90 Å². The average molecular weight is 430 g/mol. The standard InChI is InChI=1S/C7H10NO2.3C4H9.Sn/c1-2-6-4-3-5-8(6)7(9)10;3*1-3-4-2;/h1-2,6H,3-5H2,(H,9,10);3*1,3-4H2,2H3;/t6-;;;;/m1..../s1. The average Bonchev–Trinajstić information content (AvgIpc) is 3.02. The van der Waals surface area contributed by atoms with Gasteiger partial charge in [0.1, 0.15) is 0 Å². The first-order chi connectivity index (χ1) is 11.1. The Hall–Kier alpha value is -0.191. The molecule has 0 aliphatic carbocycles. The predicted octanol–water partition coefficient (Wildman–Crippen LogP) is 6.07.